The van der Waals surface area contributed by atoms with Crippen LogP contribution in [0.15, 0.2) is 88.8 Å². The van der Waals surface area contributed by atoms with Gasteiger partial charge >= 0.3 is 0 Å². The van der Waals surface area contributed by atoms with Crippen molar-refractivity contribution in [3.63, 3.8) is 0 Å². The summed E-state index contributed by atoms with van der Waals surface area (Å²) in [6.07, 6.45) is 1.84. The van der Waals surface area contributed by atoms with Crippen LogP contribution in [0.2, 0.25) is 0 Å². The Morgan fingerprint density at radius 3 is 2.25 bits per heavy atom. The first-order chi connectivity index (χ1) is 15.6. The zero-order valence-electron chi connectivity index (χ0n) is 18.2. The molecule has 5 nitrogen and oxygen atoms in total. The van der Waals surface area contributed by atoms with Gasteiger partial charge in [0.15, 0.2) is 16.7 Å². The number of hydrogen-bond acceptors (Lipinski definition) is 5. The van der Waals surface area contributed by atoms with Crippen molar-refractivity contribution in [3.8, 4) is 11.5 Å². The summed E-state index contributed by atoms with van der Waals surface area (Å²) in [4.78, 5) is 20.7. The molecule has 1 aliphatic heterocycles. The van der Waals surface area contributed by atoms with E-state index in [0.29, 0.717) is 21.6 Å². The van der Waals surface area contributed by atoms with Crippen LogP contribution in [-0.2, 0) is 4.79 Å². The molecule has 3 aromatic rings. The first-order valence-corrected chi connectivity index (χ1v) is 11.1. The van der Waals surface area contributed by atoms with Crippen molar-refractivity contribution < 1.29 is 14.3 Å². The lowest BCUT2D eigenvalue weighted by molar-refractivity contribution is -0.123. The standard InChI is InChI=1S/C26H24N2O3S/c1-18(19-11-6-4-7-12-19)28-25(29)23(32-26(28)27-21-14-8-5-9-15-21)17-20-13-10-16-22(30-2)24(20)31-3/h4-18H,1-3H3/b23-17+,27-26?/t18-/m0/s1. The van der Waals surface area contributed by atoms with E-state index in [1.807, 2.05) is 91.9 Å². The van der Waals surface area contributed by atoms with Crippen LogP contribution in [0.5, 0.6) is 11.5 Å². The van der Waals surface area contributed by atoms with Crippen molar-refractivity contribution >= 4 is 34.6 Å². The number of amides is 1. The van der Waals surface area contributed by atoms with Gasteiger partial charge in [0, 0.05) is 5.56 Å². The lowest BCUT2D eigenvalue weighted by Gasteiger charge is -2.24. The van der Waals surface area contributed by atoms with Crippen LogP contribution >= 0.6 is 11.8 Å². The van der Waals surface area contributed by atoms with Crippen LogP contribution in [0, 0.1) is 0 Å². The molecule has 1 fully saturated rings. The van der Waals surface area contributed by atoms with E-state index in [0.717, 1.165) is 16.8 Å². The van der Waals surface area contributed by atoms with Gasteiger partial charge in [-0.15, -0.1) is 0 Å². The van der Waals surface area contributed by atoms with Gasteiger partial charge in [-0.25, -0.2) is 4.99 Å². The Balaban J connectivity index is 1.78. The van der Waals surface area contributed by atoms with E-state index in [2.05, 4.69) is 0 Å². The van der Waals surface area contributed by atoms with Gasteiger partial charge in [0.2, 0.25) is 0 Å². The molecule has 0 bridgehead atoms. The molecule has 4 rings (SSSR count). The van der Waals surface area contributed by atoms with Crippen LogP contribution in [0.4, 0.5) is 5.69 Å². The summed E-state index contributed by atoms with van der Waals surface area (Å²) in [6.45, 7) is 2.02. The highest BCUT2D eigenvalue weighted by Gasteiger charge is 2.37. The van der Waals surface area contributed by atoms with Gasteiger partial charge in [-0.3, -0.25) is 9.69 Å². The van der Waals surface area contributed by atoms with Crippen molar-refractivity contribution in [1.82, 2.24) is 4.90 Å². The topological polar surface area (TPSA) is 51.1 Å². The fourth-order valence-corrected chi connectivity index (χ4v) is 4.63. The number of methoxy groups -OCH3 is 2. The summed E-state index contributed by atoms with van der Waals surface area (Å²) in [5.74, 6) is 1.11. The predicted molar refractivity (Wildman–Crippen MR) is 130 cm³/mol. The molecule has 0 saturated carbocycles. The van der Waals surface area contributed by atoms with Gasteiger partial charge < -0.3 is 9.47 Å². The third-order valence-corrected chi connectivity index (χ3v) is 6.19. The molecule has 3 aromatic carbocycles. The third-order valence-electron chi connectivity index (χ3n) is 5.21. The number of carbonyl (C=O) groups excluding carboxylic acids is 1. The van der Waals surface area contributed by atoms with Crippen LogP contribution in [0.25, 0.3) is 6.08 Å². The molecule has 1 aliphatic rings. The molecule has 32 heavy (non-hydrogen) atoms. The van der Waals surface area contributed by atoms with Gasteiger partial charge in [0.1, 0.15) is 0 Å². The summed E-state index contributed by atoms with van der Waals surface area (Å²) < 4.78 is 11.0. The molecule has 162 valence electrons. The molecule has 1 heterocycles. The van der Waals surface area contributed by atoms with E-state index in [1.54, 1.807) is 19.1 Å². The quantitative estimate of drug-likeness (QED) is 0.433. The first-order valence-electron chi connectivity index (χ1n) is 10.2. The number of rotatable bonds is 6. The van der Waals surface area contributed by atoms with Gasteiger partial charge in [0.25, 0.3) is 5.91 Å². The van der Waals surface area contributed by atoms with E-state index in [-0.39, 0.29) is 11.9 Å². The Labute approximate surface area is 192 Å². The van der Waals surface area contributed by atoms with Crippen molar-refractivity contribution in [2.75, 3.05) is 14.2 Å². The lowest BCUT2D eigenvalue weighted by atomic mass is 10.1. The number of para-hydroxylation sites is 2. The summed E-state index contributed by atoms with van der Waals surface area (Å²) in [5, 5.41) is 0.644. The Kier molecular flexibility index (Phi) is 6.61. The fourth-order valence-electron chi connectivity index (χ4n) is 3.57. The molecular weight excluding hydrogens is 420 g/mol. The number of benzene rings is 3. The number of hydrogen-bond donors (Lipinski definition) is 0. The largest absolute Gasteiger partial charge is 0.493 e. The average Bonchev–Trinajstić information content (AvgIpc) is 3.13. The average molecular weight is 445 g/mol. The van der Waals surface area contributed by atoms with E-state index in [4.69, 9.17) is 14.5 Å². The molecular formula is C26H24N2O3S. The Morgan fingerprint density at radius 1 is 0.906 bits per heavy atom. The number of thioether (sulfide) groups is 1. The molecule has 1 atom stereocenters. The summed E-state index contributed by atoms with van der Waals surface area (Å²) >= 11 is 1.36. The second-order valence-electron chi connectivity index (χ2n) is 7.19. The summed E-state index contributed by atoms with van der Waals surface area (Å²) in [5.41, 5.74) is 2.62. The van der Waals surface area contributed by atoms with E-state index < -0.39 is 0 Å². The number of amidine groups is 1. The molecule has 0 aromatic heterocycles. The second kappa shape index (κ2) is 9.75. The molecule has 6 heteroatoms. The lowest BCUT2D eigenvalue weighted by Crippen LogP contribution is -2.32. The Morgan fingerprint density at radius 2 is 1.59 bits per heavy atom. The number of ether oxygens (including phenoxy) is 2. The van der Waals surface area contributed by atoms with E-state index in [1.165, 1.54) is 11.8 Å². The Hall–Kier alpha value is -3.51. The SMILES string of the molecule is COc1cccc(/C=C2/SC(=Nc3ccccc3)N([C@@H](C)c3ccccc3)C2=O)c1OC. The highest BCUT2D eigenvalue weighted by molar-refractivity contribution is 8.18. The van der Waals surface area contributed by atoms with Crippen LogP contribution in [0.3, 0.4) is 0 Å². The second-order valence-corrected chi connectivity index (χ2v) is 8.19. The highest BCUT2D eigenvalue weighted by atomic mass is 32.2. The van der Waals surface area contributed by atoms with Gasteiger partial charge in [-0.2, -0.15) is 0 Å². The van der Waals surface area contributed by atoms with E-state index in [9.17, 15) is 4.79 Å². The smallest absolute Gasteiger partial charge is 0.267 e. The normalized spacial score (nSPS) is 17.1. The van der Waals surface area contributed by atoms with E-state index >= 15 is 0 Å². The minimum atomic E-state index is -0.170. The van der Waals surface area contributed by atoms with Gasteiger partial charge in [-0.1, -0.05) is 60.7 Å². The number of carbonyl (C=O) groups is 1. The van der Waals surface area contributed by atoms with Crippen molar-refractivity contribution in [2.24, 2.45) is 4.99 Å². The van der Waals surface area contributed by atoms with Crippen LogP contribution in [0.1, 0.15) is 24.1 Å². The third kappa shape index (κ3) is 4.41. The predicted octanol–water partition coefficient (Wildman–Crippen LogP) is 6.07. The molecule has 0 spiro atoms. The minimum Gasteiger partial charge on any atom is -0.493 e. The zero-order valence-corrected chi connectivity index (χ0v) is 19.0. The highest BCUT2D eigenvalue weighted by Crippen LogP contribution is 2.41. The molecule has 1 saturated heterocycles. The summed E-state index contributed by atoms with van der Waals surface area (Å²) in [7, 11) is 3.19. The van der Waals surface area contributed by atoms with Crippen molar-refractivity contribution in [3.05, 3.63) is 94.9 Å². The Bertz CT molecular complexity index is 1160. The molecule has 0 aliphatic carbocycles. The van der Waals surface area contributed by atoms with Gasteiger partial charge in [0.05, 0.1) is 30.9 Å². The maximum Gasteiger partial charge on any atom is 0.267 e. The van der Waals surface area contributed by atoms with Gasteiger partial charge in [-0.05, 0) is 48.5 Å². The maximum atomic E-state index is 13.6. The van der Waals surface area contributed by atoms with Crippen LogP contribution < -0.4 is 9.47 Å². The molecule has 0 radical (unpaired) electrons. The number of aliphatic imine (C=N–C) groups is 1. The minimum absolute atomic E-state index is 0.0918. The maximum absolute atomic E-state index is 13.6. The fraction of sp³-hybridized carbons (Fsp3) is 0.154. The van der Waals surface area contributed by atoms with Crippen molar-refractivity contribution in [2.45, 2.75) is 13.0 Å². The van der Waals surface area contributed by atoms with Crippen molar-refractivity contribution in [1.29, 1.82) is 0 Å². The zero-order chi connectivity index (χ0) is 22.5. The number of nitrogens with zero attached hydrogens (tertiary/aromatic N) is 2. The summed E-state index contributed by atoms with van der Waals surface area (Å²) in [6, 6.07) is 25.1. The monoisotopic (exact) mass is 444 g/mol. The van der Waals surface area contributed by atoms with Crippen LogP contribution in [-0.4, -0.2) is 30.2 Å². The first kappa shape index (κ1) is 21.7. The molecule has 0 N–H and O–H groups in total. The molecule has 1 amide bonds. The molecule has 0 unspecified atom stereocenters.